The molecule has 7 nitrogen and oxygen atoms in total. The van der Waals surface area contributed by atoms with Crippen molar-refractivity contribution < 1.29 is 9.59 Å². The minimum atomic E-state index is -0.631. The number of carbonyl (C=O) groups is 2. The molecule has 0 spiro atoms. The quantitative estimate of drug-likeness (QED) is 0.293. The Morgan fingerprint density at radius 1 is 0.892 bits per heavy atom. The van der Waals surface area contributed by atoms with E-state index in [9.17, 15) is 9.59 Å². The van der Waals surface area contributed by atoms with Crippen LogP contribution in [0, 0.1) is 13.8 Å². The van der Waals surface area contributed by atoms with Gasteiger partial charge in [0.05, 0.1) is 0 Å². The van der Waals surface area contributed by atoms with Crippen LogP contribution in [-0.2, 0) is 4.79 Å². The standard InChI is InChI=1S/C30H33N5O2/c1-20(2)26-19-25-7-5-6-12-35(25)28(26)29(36)30(37)32-23-8-10-24(11-9-23)33-13-15-34(16-14-33)27-18-21(3)17-22(4)31-27/h5-12,17-20H,13-16H2,1-4H3,(H,32,37). The average molecular weight is 496 g/mol. The molecular weight excluding hydrogens is 462 g/mol. The summed E-state index contributed by atoms with van der Waals surface area (Å²) in [6.45, 7) is 11.8. The predicted octanol–water partition coefficient (Wildman–Crippen LogP) is 5.22. The molecule has 1 aliphatic heterocycles. The van der Waals surface area contributed by atoms with Gasteiger partial charge in [0.25, 0.3) is 11.7 Å². The van der Waals surface area contributed by atoms with E-state index in [0.29, 0.717) is 11.4 Å². The zero-order valence-electron chi connectivity index (χ0n) is 21.9. The molecule has 0 atom stereocenters. The molecule has 4 aromatic rings. The highest BCUT2D eigenvalue weighted by Gasteiger charge is 2.25. The second-order valence-electron chi connectivity index (χ2n) is 10.0. The molecule has 1 N–H and O–H groups in total. The molecular formula is C30H33N5O2. The van der Waals surface area contributed by atoms with Crippen molar-refractivity contribution in [2.75, 3.05) is 41.3 Å². The molecule has 1 fully saturated rings. The number of hydrogen-bond acceptors (Lipinski definition) is 5. The predicted molar refractivity (Wildman–Crippen MR) is 149 cm³/mol. The summed E-state index contributed by atoms with van der Waals surface area (Å²) >= 11 is 0. The molecule has 3 aromatic heterocycles. The zero-order chi connectivity index (χ0) is 26.1. The number of anilines is 3. The number of hydrogen-bond donors (Lipinski definition) is 1. The number of piperazine rings is 1. The molecule has 5 rings (SSSR count). The van der Waals surface area contributed by atoms with Gasteiger partial charge in [-0.05, 0) is 85.5 Å². The van der Waals surface area contributed by atoms with Crippen molar-refractivity contribution in [3.8, 4) is 0 Å². The van der Waals surface area contributed by atoms with Crippen LogP contribution in [0.3, 0.4) is 0 Å². The van der Waals surface area contributed by atoms with Gasteiger partial charge in [-0.15, -0.1) is 0 Å². The van der Waals surface area contributed by atoms with E-state index in [1.54, 1.807) is 4.40 Å². The van der Waals surface area contributed by atoms with Gasteiger partial charge in [0, 0.05) is 55.0 Å². The van der Waals surface area contributed by atoms with Crippen LogP contribution in [0.1, 0.15) is 47.1 Å². The number of amides is 1. The Labute approximate surface area is 217 Å². The molecule has 37 heavy (non-hydrogen) atoms. The number of rotatable bonds is 6. The van der Waals surface area contributed by atoms with E-state index in [-0.39, 0.29) is 5.92 Å². The van der Waals surface area contributed by atoms with Gasteiger partial charge in [0.1, 0.15) is 11.5 Å². The maximum Gasteiger partial charge on any atom is 0.298 e. The molecule has 1 aromatic carbocycles. The van der Waals surface area contributed by atoms with Crippen molar-refractivity contribution >= 4 is 34.4 Å². The monoisotopic (exact) mass is 495 g/mol. The van der Waals surface area contributed by atoms with Crippen molar-refractivity contribution in [3.05, 3.63) is 89.4 Å². The third-order valence-electron chi connectivity index (χ3n) is 6.93. The second kappa shape index (κ2) is 10.1. The van der Waals surface area contributed by atoms with E-state index in [4.69, 9.17) is 4.98 Å². The van der Waals surface area contributed by atoms with Gasteiger partial charge in [0.15, 0.2) is 0 Å². The van der Waals surface area contributed by atoms with Gasteiger partial charge in [-0.3, -0.25) is 9.59 Å². The van der Waals surface area contributed by atoms with Crippen LogP contribution in [0.4, 0.5) is 17.2 Å². The first-order chi connectivity index (χ1) is 17.8. The summed E-state index contributed by atoms with van der Waals surface area (Å²) in [6, 6.07) is 19.7. The van der Waals surface area contributed by atoms with Crippen LogP contribution in [0.25, 0.3) is 5.52 Å². The highest BCUT2D eigenvalue weighted by atomic mass is 16.2. The summed E-state index contributed by atoms with van der Waals surface area (Å²) in [5, 5.41) is 2.79. The zero-order valence-corrected chi connectivity index (χ0v) is 21.9. The van der Waals surface area contributed by atoms with Crippen LogP contribution >= 0.6 is 0 Å². The summed E-state index contributed by atoms with van der Waals surface area (Å²) in [5.41, 5.74) is 6.17. The number of pyridine rings is 2. The van der Waals surface area contributed by atoms with Gasteiger partial charge < -0.3 is 19.5 Å². The Morgan fingerprint density at radius 2 is 1.59 bits per heavy atom. The summed E-state index contributed by atoms with van der Waals surface area (Å²) in [4.78, 5) is 35.5. The van der Waals surface area contributed by atoms with Crippen LogP contribution < -0.4 is 15.1 Å². The maximum absolute atomic E-state index is 13.2. The fourth-order valence-electron chi connectivity index (χ4n) is 5.05. The lowest BCUT2D eigenvalue weighted by Crippen LogP contribution is -2.46. The van der Waals surface area contributed by atoms with Crippen LogP contribution in [0.15, 0.2) is 66.9 Å². The summed E-state index contributed by atoms with van der Waals surface area (Å²) in [7, 11) is 0. The van der Waals surface area contributed by atoms with Crippen molar-refractivity contribution in [1.29, 1.82) is 0 Å². The largest absolute Gasteiger partial charge is 0.368 e. The summed E-state index contributed by atoms with van der Waals surface area (Å²) in [6.07, 6.45) is 1.83. The number of ketones is 1. The third-order valence-corrected chi connectivity index (χ3v) is 6.93. The minimum Gasteiger partial charge on any atom is -0.368 e. The van der Waals surface area contributed by atoms with Crippen LogP contribution in [0.5, 0.6) is 0 Å². The first-order valence-corrected chi connectivity index (χ1v) is 12.8. The normalized spacial score (nSPS) is 13.9. The lowest BCUT2D eigenvalue weighted by molar-refractivity contribution is -0.112. The first-order valence-electron chi connectivity index (χ1n) is 12.8. The van der Waals surface area contributed by atoms with Gasteiger partial charge >= 0.3 is 0 Å². The number of benzene rings is 1. The van der Waals surface area contributed by atoms with Gasteiger partial charge in [0.2, 0.25) is 0 Å². The summed E-state index contributed by atoms with van der Waals surface area (Å²) in [5.74, 6) is -0.00320. The lowest BCUT2D eigenvalue weighted by Gasteiger charge is -2.37. The molecule has 1 saturated heterocycles. The Kier molecular flexibility index (Phi) is 6.70. The Balaban J connectivity index is 1.24. The summed E-state index contributed by atoms with van der Waals surface area (Å²) < 4.78 is 1.80. The van der Waals surface area contributed by atoms with E-state index in [1.807, 2.05) is 75.5 Å². The fourth-order valence-corrected chi connectivity index (χ4v) is 5.05. The van der Waals surface area contributed by atoms with Gasteiger partial charge in [-0.1, -0.05) is 19.9 Å². The molecule has 7 heteroatoms. The van der Waals surface area contributed by atoms with Crippen molar-refractivity contribution in [1.82, 2.24) is 9.38 Å². The molecule has 4 heterocycles. The number of aryl methyl sites for hydroxylation is 2. The van der Waals surface area contributed by atoms with Crippen molar-refractivity contribution in [3.63, 3.8) is 0 Å². The number of nitrogens with zero attached hydrogens (tertiary/aromatic N) is 4. The Morgan fingerprint density at radius 3 is 2.27 bits per heavy atom. The number of aromatic nitrogens is 2. The third kappa shape index (κ3) is 5.07. The molecule has 1 amide bonds. The smallest absolute Gasteiger partial charge is 0.298 e. The fraction of sp³-hybridized carbons (Fsp3) is 0.300. The van der Waals surface area contributed by atoms with E-state index < -0.39 is 11.7 Å². The molecule has 0 radical (unpaired) electrons. The Hall–Kier alpha value is -4.13. The van der Waals surface area contributed by atoms with E-state index >= 15 is 0 Å². The first kappa shape index (κ1) is 24.6. The number of carbonyl (C=O) groups excluding carboxylic acids is 2. The number of Topliss-reactive ketones (excluding diaryl/α,β-unsaturated/α-hetero) is 1. The SMILES string of the molecule is Cc1cc(C)nc(N2CCN(c3ccc(NC(=O)C(=O)c4c(C(C)C)cc5ccccn45)cc3)CC2)c1. The topological polar surface area (TPSA) is 70.0 Å². The van der Waals surface area contributed by atoms with Crippen LogP contribution in [-0.4, -0.2) is 47.3 Å². The Bertz CT molecular complexity index is 1430. The number of fused-ring (bicyclic) bond motifs is 1. The molecule has 0 aliphatic carbocycles. The van der Waals surface area contributed by atoms with E-state index in [2.05, 4.69) is 34.2 Å². The molecule has 0 unspecified atom stereocenters. The van der Waals surface area contributed by atoms with Gasteiger partial charge in [-0.2, -0.15) is 0 Å². The van der Waals surface area contributed by atoms with E-state index in [1.165, 1.54) is 5.56 Å². The second-order valence-corrected chi connectivity index (χ2v) is 10.0. The highest BCUT2D eigenvalue weighted by Crippen LogP contribution is 2.26. The molecule has 0 saturated carbocycles. The lowest BCUT2D eigenvalue weighted by atomic mass is 10.0. The molecule has 0 bridgehead atoms. The average Bonchev–Trinajstić information content (AvgIpc) is 3.28. The number of nitrogens with one attached hydrogen (secondary N) is 1. The molecule has 1 aliphatic rings. The van der Waals surface area contributed by atoms with E-state index in [0.717, 1.165) is 54.5 Å². The van der Waals surface area contributed by atoms with Gasteiger partial charge in [-0.25, -0.2) is 4.98 Å². The van der Waals surface area contributed by atoms with Crippen molar-refractivity contribution in [2.45, 2.75) is 33.6 Å². The molecule has 190 valence electrons. The highest BCUT2D eigenvalue weighted by molar-refractivity contribution is 6.46. The van der Waals surface area contributed by atoms with Crippen molar-refractivity contribution in [2.24, 2.45) is 0 Å². The maximum atomic E-state index is 13.2. The minimum absolute atomic E-state index is 0.122. The van der Waals surface area contributed by atoms with Crippen LogP contribution in [0.2, 0.25) is 0 Å².